The van der Waals surface area contributed by atoms with Crippen LogP contribution >= 0.6 is 0 Å². The van der Waals surface area contributed by atoms with Gasteiger partial charge in [-0.2, -0.15) is 5.26 Å². The quantitative estimate of drug-likeness (QED) is 0.697. The molecular formula is C9H10N2O2. The summed E-state index contributed by atoms with van der Waals surface area (Å²) in [5, 5.41) is 8.30. The Morgan fingerprint density at radius 1 is 1.77 bits per heavy atom. The molecule has 0 aliphatic rings. The second-order valence-electron chi connectivity index (χ2n) is 2.72. The van der Waals surface area contributed by atoms with Gasteiger partial charge in [-0.1, -0.05) is 0 Å². The van der Waals surface area contributed by atoms with Gasteiger partial charge in [0.05, 0.1) is 18.6 Å². The van der Waals surface area contributed by atoms with Crippen LogP contribution in [-0.2, 0) is 11.3 Å². The van der Waals surface area contributed by atoms with Crippen LogP contribution in [0.15, 0.2) is 23.0 Å². The third-order valence-electron chi connectivity index (χ3n) is 1.66. The van der Waals surface area contributed by atoms with Crippen molar-refractivity contribution in [2.24, 2.45) is 0 Å². The number of carbonyl (C=O) groups is 1. The topological polar surface area (TPSA) is 57.2 Å². The zero-order chi connectivity index (χ0) is 9.68. The van der Waals surface area contributed by atoms with Crippen LogP contribution in [0.2, 0.25) is 0 Å². The van der Waals surface area contributed by atoms with Crippen LogP contribution in [0.4, 0.5) is 0 Å². The molecule has 0 radical (unpaired) electrons. The minimum absolute atomic E-state index is 0.0750. The van der Waals surface area contributed by atoms with Crippen LogP contribution in [-0.4, -0.2) is 17.9 Å². The number of hydrogen-bond acceptors (Lipinski definition) is 3. The first kappa shape index (κ1) is 9.33. The lowest BCUT2D eigenvalue weighted by atomic mass is 10.3. The Labute approximate surface area is 76.4 Å². The van der Waals surface area contributed by atoms with E-state index >= 15 is 0 Å². The molecule has 0 atom stereocenters. The van der Waals surface area contributed by atoms with Crippen LogP contribution < -0.4 is 0 Å². The smallest absolute Gasteiger partial charge is 0.236 e. The lowest BCUT2D eigenvalue weighted by Crippen LogP contribution is -2.25. The van der Waals surface area contributed by atoms with Crippen LogP contribution in [0.1, 0.15) is 12.0 Å². The highest BCUT2D eigenvalue weighted by molar-refractivity contribution is 5.77. The first-order valence-corrected chi connectivity index (χ1v) is 3.86. The van der Waals surface area contributed by atoms with Crippen molar-refractivity contribution in [1.29, 1.82) is 5.26 Å². The van der Waals surface area contributed by atoms with Gasteiger partial charge in [0, 0.05) is 19.2 Å². The summed E-state index contributed by atoms with van der Waals surface area (Å²) >= 11 is 0. The number of carbonyl (C=O) groups excluding carboxylic acids is 1. The van der Waals surface area contributed by atoms with E-state index in [1.807, 2.05) is 6.07 Å². The van der Waals surface area contributed by atoms with Crippen LogP contribution in [0.3, 0.4) is 0 Å². The van der Waals surface area contributed by atoms with Crippen molar-refractivity contribution in [3.63, 3.8) is 0 Å². The normalized spacial score (nSPS) is 9.23. The molecule has 0 fully saturated rings. The van der Waals surface area contributed by atoms with Crippen molar-refractivity contribution >= 4 is 5.91 Å². The lowest BCUT2D eigenvalue weighted by Gasteiger charge is -2.13. The number of amides is 1. The van der Waals surface area contributed by atoms with E-state index < -0.39 is 0 Å². The van der Waals surface area contributed by atoms with Gasteiger partial charge in [-0.3, -0.25) is 4.79 Å². The molecule has 1 aromatic rings. The Hall–Kier alpha value is -1.76. The van der Waals surface area contributed by atoms with Crippen molar-refractivity contribution in [3.8, 4) is 6.07 Å². The molecular weight excluding hydrogens is 168 g/mol. The van der Waals surface area contributed by atoms with Gasteiger partial charge >= 0.3 is 0 Å². The molecule has 0 aliphatic heterocycles. The maximum Gasteiger partial charge on any atom is 0.236 e. The highest BCUT2D eigenvalue weighted by atomic mass is 16.3. The predicted octanol–water partition coefficient (Wildman–Crippen LogP) is 1.15. The molecule has 13 heavy (non-hydrogen) atoms. The molecule has 68 valence electrons. The molecule has 0 saturated carbocycles. The zero-order valence-electron chi connectivity index (χ0n) is 7.36. The van der Waals surface area contributed by atoms with E-state index in [1.165, 1.54) is 4.90 Å². The summed E-state index contributed by atoms with van der Waals surface area (Å²) in [6.07, 6.45) is 3.06. The van der Waals surface area contributed by atoms with Crippen LogP contribution in [0, 0.1) is 11.3 Å². The highest BCUT2D eigenvalue weighted by Crippen LogP contribution is 2.04. The summed E-state index contributed by atoms with van der Waals surface area (Å²) in [7, 11) is 1.66. The largest absolute Gasteiger partial charge is 0.472 e. The van der Waals surface area contributed by atoms with Crippen LogP contribution in [0.25, 0.3) is 0 Å². The third-order valence-corrected chi connectivity index (χ3v) is 1.66. The summed E-state index contributed by atoms with van der Waals surface area (Å²) < 4.78 is 4.85. The molecule has 0 N–H and O–H groups in total. The maximum absolute atomic E-state index is 11.1. The number of nitriles is 1. The molecule has 4 nitrogen and oxygen atoms in total. The van der Waals surface area contributed by atoms with Gasteiger partial charge in [0.1, 0.15) is 6.42 Å². The van der Waals surface area contributed by atoms with E-state index in [-0.39, 0.29) is 12.3 Å². The molecule has 0 saturated heterocycles. The van der Waals surface area contributed by atoms with Gasteiger partial charge in [0.15, 0.2) is 0 Å². The van der Waals surface area contributed by atoms with Gasteiger partial charge in [-0.05, 0) is 6.07 Å². The Kier molecular flexibility index (Phi) is 3.09. The summed E-state index contributed by atoms with van der Waals surface area (Å²) in [6.45, 7) is 0.483. The van der Waals surface area contributed by atoms with E-state index in [1.54, 1.807) is 25.6 Å². The lowest BCUT2D eigenvalue weighted by molar-refractivity contribution is -0.129. The first-order chi connectivity index (χ1) is 6.24. The SMILES string of the molecule is CN(Cc1ccoc1)C(=O)CC#N. The van der Waals surface area contributed by atoms with E-state index in [2.05, 4.69) is 0 Å². The molecule has 0 aromatic carbocycles. The zero-order valence-corrected chi connectivity index (χ0v) is 7.36. The second-order valence-corrected chi connectivity index (χ2v) is 2.72. The van der Waals surface area contributed by atoms with Gasteiger partial charge in [0.25, 0.3) is 0 Å². The second kappa shape index (κ2) is 4.31. The highest BCUT2D eigenvalue weighted by Gasteiger charge is 2.08. The molecule has 1 heterocycles. The molecule has 4 heteroatoms. The molecule has 0 aliphatic carbocycles. The summed E-state index contributed by atoms with van der Waals surface area (Å²) in [6, 6.07) is 3.60. The Morgan fingerprint density at radius 2 is 2.54 bits per heavy atom. The molecule has 0 bridgehead atoms. The fourth-order valence-electron chi connectivity index (χ4n) is 0.947. The summed E-state index contributed by atoms with van der Waals surface area (Å²) in [5.74, 6) is -0.177. The first-order valence-electron chi connectivity index (χ1n) is 3.86. The Balaban J connectivity index is 2.47. The average Bonchev–Trinajstić information content (AvgIpc) is 2.57. The van der Waals surface area contributed by atoms with Gasteiger partial charge in [-0.15, -0.1) is 0 Å². The van der Waals surface area contributed by atoms with Crippen LogP contribution in [0.5, 0.6) is 0 Å². The average molecular weight is 178 g/mol. The number of nitrogens with zero attached hydrogens (tertiary/aromatic N) is 2. The van der Waals surface area contributed by atoms with E-state index in [0.29, 0.717) is 6.54 Å². The molecule has 1 rings (SSSR count). The number of furan rings is 1. The fraction of sp³-hybridized carbons (Fsp3) is 0.333. The van der Waals surface area contributed by atoms with E-state index in [0.717, 1.165) is 5.56 Å². The minimum Gasteiger partial charge on any atom is -0.472 e. The monoisotopic (exact) mass is 178 g/mol. The third kappa shape index (κ3) is 2.64. The van der Waals surface area contributed by atoms with Gasteiger partial charge < -0.3 is 9.32 Å². The van der Waals surface area contributed by atoms with Crippen molar-refractivity contribution in [2.45, 2.75) is 13.0 Å². The standard InChI is InChI=1S/C9H10N2O2/c1-11(9(12)2-4-10)6-8-3-5-13-7-8/h3,5,7H,2,6H2,1H3. The minimum atomic E-state index is -0.177. The van der Waals surface area contributed by atoms with Crippen molar-refractivity contribution in [2.75, 3.05) is 7.05 Å². The molecule has 0 unspecified atom stereocenters. The van der Waals surface area contributed by atoms with E-state index in [9.17, 15) is 4.79 Å². The summed E-state index contributed by atoms with van der Waals surface area (Å²) in [4.78, 5) is 12.6. The number of rotatable bonds is 3. The fourth-order valence-corrected chi connectivity index (χ4v) is 0.947. The molecule has 0 spiro atoms. The Bertz CT molecular complexity index is 311. The molecule has 1 aromatic heterocycles. The maximum atomic E-state index is 11.1. The molecule has 1 amide bonds. The van der Waals surface area contributed by atoms with Crippen molar-refractivity contribution in [3.05, 3.63) is 24.2 Å². The van der Waals surface area contributed by atoms with Gasteiger partial charge in [0.2, 0.25) is 5.91 Å². The predicted molar refractivity (Wildman–Crippen MR) is 45.4 cm³/mol. The van der Waals surface area contributed by atoms with Crippen molar-refractivity contribution < 1.29 is 9.21 Å². The Morgan fingerprint density at radius 3 is 3.08 bits per heavy atom. The van der Waals surface area contributed by atoms with Gasteiger partial charge in [-0.25, -0.2) is 0 Å². The van der Waals surface area contributed by atoms with Crippen molar-refractivity contribution in [1.82, 2.24) is 4.90 Å². The number of hydrogen-bond donors (Lipinski definition) is 0. The van der Waals surface area contributed by atoms with E-state index in [4.69, 9.17) is 9.68 Å². The summed E-state index contributed by atoms with van der Waals surface area (Å²) in [5.41, 5.74) is 0.925.